The van der Waals surface area contributed by atoms with Gasteiger partial charge in [0.15, 0.2) is 5.43 Å². The molecule has 0 saturated carbocycles. The van der Waals surface area contributed by atoms with E-state index in [0.717, 1.165) is 5.56 Å². The Labute approximate surface area is 206 Å². The summed E-state index contributed by atoms with van der Waals surface area (Å²) in [6, 6.07) is 24.8. The highest BCUT2D eigenvalue weighted by molar-refractivity contribution is 5.97. The summed E-state index contributed by atoms with van der Waals surface area (Å²) in [5.74, 6) is -0.256. The highest BCUT2D eigenvalue weighted by Gasteiger charge is 2.13. The van der Waals surface area contributed by atoms with Crippen molar-refractivity contribution in [2.45, 2.75) is 13.1 Å². The first-order chi connectivity index (χ1) is 17.6. The fraction of sp³-hybridized carbons (Fsp3) is 0.0714. The Kier molecular flexibility index (Phi) is 6.40. The van der Waals surface area contributed by atoms with Crippen LogP contribution < -0.4 is 21.4 Å². The summed E-state index contributed by atoms with van der Waals surface area (Å²) in [5, 5.41) is 9.57. The van der Waals surface area contributed by atoms with Crippen LogP contribution in [0.3, 0.4) is 0 Å². The van der Waals surface area contributed by atoms with Crippen molar-refractivity contribution < 1.29 is 9.59 Å². The number of pyridine rings is 2. The van der Waals surface area contributed by atoms with Crippen LogP contribution in [0.1, 0.15) is 5.56 Å². The molecular formula is C28H23N5O3. The van der Waals surface area contributed by atoms with Gasteiger partial charge in [0, 0.05) is 41.1 Å². The van der Waals surface area contributed by atoms with Crippen molar-refractivity contribution in [1.82, 2.24) is 14.9 Å². The van der Waals surface area contributed by atoms with Crippen LogP contribution in [0, 0.1) is 0 Å². The number of hydrogen-bond donors (Lipinski definition) is 3. The molecule has 0 fully saturated rings. The van der Waals surface area contributed by atoms with Crippen LogP contribution in [-0.4, -0.2) is 21.5 Å². The number of urea groups is 1. The Bertz CT molecular complexity index is 1570. The van der Waals surface area contributed by atoms with E-state index in [-0.39, 0.29) is 23.9 Å². The van der Waals surface area contributed by atoms with Gasteiger partial charge in [0.25, 0.3) is 0 Å². The number of fused-ring (bicyclic) bond motifs is 2. The Morgan fingerprint density at radius 2 is 1.36 bits per heavy atom. The lowest BCUT2D eigenvalue weighted by molar-refractivity contribution is -0.116. The third-order valence-electron chi connectivity index (χ3n) is 5.79. The standard InChI is InChI=1S/C28H23N5O3/c34-26(18-33-24-10-3-1-8-22(24)27(35)23-9-2-4-11-25(23)33)31-20-6-5-7-21(16-20)32-28(36)30-17-19-12-14-29-15-13-19/h1-16H,17-18H2,(H,31,34)(H2,30,32,36). The molecule has 0 spiro atoms. The quantitative estimate of drug-likeness (QED) is 0.313. The number of para-hydroxylation sites is 2. The molecule has 0 radical (unpaired) electrons. The molecule has 2 heterocycles. The van der Waals surface area contributed by atoms with Crippen LogP contribution in [0.25, 0.3) is 21.8 Å². The van der Waals surface area contributed by atoms with E-state index in [1.54, 1.807) is 48.8 Å². The molecule has 2 aromatic heterocycles. The van der Waals surface area contributed by atoms with E-state index in [2.05, 4.69) is 20.9 Å². The minimum absolute atomic E-state index is 0.0192. The normalized spacial score (nSPS) is 10.8. The number of carbonyl (C=O) groups is 2. The van der Waals surface area contributed by atoms with E-state index in [4.69, 9.17) is 0 Å². The number of aromatic nitrogens is 2. The number of amides is 3. The first kappa shape index (κ1) is 22.8. The van der Waals surface area contributed by atoms with E-state index in [9.17, 15) is 14.4 Å². The van der Waals surface area contributed by atoms with E-state index >= 15 is 0 Å². The van der Waals surface area contributed by atoms with Crippen LogP contribution in [0.2, 0.25) is 0 Å². The van der Waals surface area contributed by atoms with Gasteiger partial charge in [-0.2, -0.15) is 0 Å². The van der Waals surface area contributed by atoms with Crippen molar-refractivity contribution >= 4 is 45.1 Å². The maximum Gasteiger partial charge on any atom is 0.319 e. The molecule has 0 saturated heterocycles. The molecule has 0 aliphatic rings. The van der Waals surface area contributed by atoms with E-state index in [1.165, 1.54) is 0 Å². The van der Waals surface area contributed by atoms with Gasteiger partial charge < -0.3 is 20.5 Å². The number of nitrogens with zero attached hydrogens (tertiary/aromatic N) is 2. The second kappa shape index (κ2) is 10.1. The molecule has 8 nitrogen and oxygen atoms in total. The van der Waals surface area contributed by atoms with Gasteiger partial charge in [0.2, 0.25) is 5.91 Å². The van der Waals surface area contributed by atoms with Crippen LogP contribution in [0.15, 0.2) is 102 Å². The smallest absolute Gasteiger partial charge is 0.319 e. The zero-order valence-corrected chi connectivity index (χ0v) is 19.3. The highest BCUT2D eigenvalue weighted by atomic mass is 16.2. The number of carbonyl (C=O) groups excluding carboxylic acids is 2. The van der Waals surface area contributed by atoms with E-state index in [1.807, 2.05) is 53.1 Å². The van der Waals surface area contributed by atoms with Crippen molar-refractivity contribution in [3.63, 3.8) is 0 Å². The van der Waals surface area contributed by atoms with Gasteiger partial charge in [-0.15, -0.1) is 0 Å². The second-order valence-corrected chi connectivity index (χ2v) is 8.24. The fourth-order valence-electron chi connectivity index (χ4n) is 4.12. The van der Waals surface area contributed by atoms with Gasteiger partial charge in [-0.25, -0.2) is 4.79 Å². The Morgan fingerprint density at radius 1 is 0.750 bits per heavy atom. The molecule has 0 aliphatic carbocycles. The Hall–Kier alpha value is -4.98. The van der Waals surface area contributed by atoms with Crippen LogP contribution in [0.5, 0.6) is 0 Å². The summed E-state index contributed by atoms with van der Waals surface area (Å²) in [5.41, 5.74) is 3.35. The van der Waals surface area contributed by atoms with Gasteiger partial charge in [-0.05, 0) is 60.2 Å². The summed E-state index contributed by atoms with van der Waals surface area (Å²) in [6.45, 7) is 0.386. The molecule has 178 valence electrons. The molecule has 0 aliphatic heterocycles. The molecule has 0 atom stereocenters. The maximum absolute atomic E-state index is 13.0. The summed E-state index contributed by atoms with van der Waals surface area (Å²) in [4.78, 5) is 42.2. The van der Waals surface area contributed by atoms with Gasteiger partial charge in [-0.3, -0.25) is 14.6 Å². The maximum atomic E-state index is 13.0. The lowest BCUT2D eigenvalue weighted by atomic mass is 10.1. The Morgan fingerprint density at radius 3 is 2.03 bits per heavy atom. The molecule has 5 rings (SSSR count). The predicted molar refractivity (Wildman–Crippen MR) is 141 cm³/mol. The topological polar surface area (TPSA) is 105 Å². The molecule has 5 aromatic rings. The van der Waals surface area contributed by atoms with Gasteiger partial charge in [0.05, 0.1) is 11.0 Å². The zero-order chi connectivity index (χ0) is 24.9. The van der Waals surface area contributed by atoms with Crippen molar-refractivity contribution in [2.24, 2.45) is 0 Å². The SMILES string of the molecule is O=C(Cn1c2ccccc2c(=O)c2ccccc21)Nc1cccc(NC(=O)NCc2ccncc2)c1. The van der Waals surface area contributed by atoms with Crippen molar-refractivity contribution in [3.8, 4) is 0 Å². The van der Waals surface area contributed by atoms with E-state index in [0.29, 0.717) is 39.7 Å². The van der Waals surface area contributed by atoms with Gasteiger partial charge in [-0.1, -0.05) is 30.3 Å². The number of hydrogen-bond acceptors (Lipinski definition) is 4. The average molecular weight is 478 g/mol. The zero-order valence-electron chi connectivity index (χ0n) is 19.3. The largest absolute Gasteiger partial charge is 0.334 e. The predicted octanol–water partition coefficient (Wildman–Crippen LogP) is 4.51. The van der Waals surface area contributed by atoms with Crippen molar-refractivity contribution in [3.05, 3.63) is 113 Å². The minimum Gasteiger partial charge on any atom is -0.334 e. The molecule has 0 unspecified atom stereocenters. The first-order valence-corrected chi connectivity index (χ1v) is 11.4. The molecule has 36 heavy (non-hydrogen) atoms. The first-order valence-electron chi connectivity index (χ1n) is 11.4. The van der Waals surface area contributed by atoms with Crippen LogP contribution >= 0.6 is 0 Å². The third kappa shape index (κ3) is 4.92. The average Bonchev–Trinajstić information content (AvgIpc) is 2.91. The van der Waals surface area contributed by atoms with Gasteiger partial charge in [0.1, 0.15) is 6.54 Å². The minimum atomic E-state index is -0.360. The molecule has 3 aromatic carbocycles. The van der Waals surface area contributed by atoms with Crippen molar-refractivity contribution in [1.29, 1.82) is 0 Å². The summed E-state index contributed by atoms with van der Waals surface area (Å²) >= 11 is 0. The van der Waals surface area contributed by atoms with Gasteiger partial charge >= 0.3 is 6.03 Å². The molecule has 8 heteroatoms. The number of anilines is 2. The number of nitrogens with one attached hydrogen (secondary N) is 3. The number of rotatable bonds is 6. The summed E-state index contributed by atoms with van der Waals surface area (Å²) in [7, 11) is 0. The molecule has 3 N–H and O–H groups in total. The molecule has 0 bridgehead atoms. The number of benzene rings is 3. The summed E-state index contributed by atoms with van der Waals surface area (Å²) in [6.07, 6.45) is 3.33. The third-order valence-corrected chi connectivity index (χ3v) is 5.79. The second-order valence-electron chi connectivity index (χ2n) is 8.24. The van der Waals surface area contributed by atoms with Crippen molar-refractivity contribution in [2.75, 3.05) is 10.6 Å². The molecular weight excluding hydrogens is 454 g/mol. The monoisotopic (exact) mass is 477 g/mol. The Balaban J connectivity index is 1.31. The van der Waals surface area contributed by atoms with Crippen LogP contribution in [-0.2, 0) is 17.9 Å². The molecule has 3 amide bonds. The van der Waals surface area contributed by atoms with E-state index < -0.39 is 0 Å². The lowest BCUT2D eigenvalue weighted by Gasteiger charge is -2.15. The lowest BCUT2D eigenvalue weighted by Crippen LogP contribution is -2.28. The summed E-state index contributed by atoms with van der Waals surface area (Å²) < 4.78 is 1.84. The van der Waals surface area contributed by atoms with Crippen LogP contribution in [0.4, 0.5) is 16.2 Å². The fourth-order valence-corrected chi connectivity index (χ4v) is 4.12. The highest BCUT2D eigenvalue weighted by Crippen LogP contribution is 2.20.